The number of rotatable bonds is 4. The highest BCUT2D eigenvalue weighted by molar-refractivity contribution is 6.15. The predicted octanol–water partition coefficient (Wildman–Crippen LogP) is 4.99. The van der Waals surface area contributed by atoms with Gasteiger partial charge in [-0.2, -0.15) is 0 Å². The minimum Gasteiger partial charge on any atom is -0.402 e. The summed E-state index contributed by atoms with van der Waals surface area (Å²) in [6, 6.07) is 22.5. The molecule has 2 aliphatic rings. The van der Waals surface area contributed by atoms with E-state index >= 15 is 0 Å². The number of hydrogen-bond acceptors (Lipinski definition) is 6. The van der Waals surface area contributed by atoms with Crippen molar-refractivity contribution in [3.8, 4) is 0 Å². The first-order chi connectivity index (χ1) is 16.4. The van der Waals surface area contributed by atoms with Crippen LogP contribution < -0.4 is 0 Å². The Hall–Kier alpha value is -4.58. The molecule has 0 aromatic heterocycles. The van der Waals surface area contributed by atoms with Gasteiger partial charge in [-0.15, -0.1) is 0 Å². The predicted molar refractivity (Wildman–Crippen MR) is 130 cm³/mol. The number of carbonyl (C=O) groups excluding carboxylic acids is 2. The summed E-state index contributed by atoms with van der Waals surface area (Å²) in [6.45, 7) is 3.99. The van der Waals surface area contributed by atoms with Gasteiger partial charge in [-0.1, -0.05) is 65.7 Å². The zero-order valence-corrected chi connectivity index (χ0v) is 18.6. The van der Waals surface area contributed by atoms with Crippen molar-refractivity contribution in [1.82, 2.24) is 0 Å². The lowest BCUT2D eigenvalue weighted by Gasteiger charge is -2.03. The molecule has 0 fully saturated rings. The van der Waals surface area contributed by atoms with Crippen LogP contribution >= 0.6 is 0 Å². The molecule has 166 valence electrons. The Kier molecular flexibility index (Phi) is 5.47. The molecule has 3 aromatic rings. The average Bonchev–Trinajstić information content (AvgIpc) is 3.39. The maximum atomic E-state index is 12.3. The number of esters is 2. The van der Waals surface area contributed by atoms with E-state index < -0.39 is 11.9 Å². The van der Waals surface area contributed by atoms with Crippen LogP contribution in [0.3, 0.4) is 0 Å². The number of cyclic esters (lactones) is 2. The van der Waals surface area contributed by atoms with Crippen LogP contribution in [0.2, 0.25) is 0 Å². The third-order valence-corrected chi connectivity index (χ3v) is 5.36. The second kappa shape index (κ2) is 8.75. The van der Waals surface area contributed by atoms with Gasteiger partial charge < -0.3 is 9.47 Å². The van der Waals surface area contributed by atoms with Crippen molar-refractivity contribution in [2.75, 3.05) is 0 Å². The lowest BCUT2D eigenvalue weighted by atomic mass is 10.1. The Balaban J connectivity index is 1.41. The molecule has 5 rings (SSSR count). The van der Waals surface area contributed by atoms with Gasteiger partial charge >= 0.3 is 11.9 Å². The van der Waals surface area contributed by atoms with Crippen molar-refractivity contribution in [2.24, 2.45) is 9.98 Å². The SMILES string of the molecule is Cc1ccc(/C=C2\N=C(c3cccc(C4=N/C(=C/c5ccc(C)cc5)C(=O)O4)c3)OC2=O)cc1. The molecule has 0 atom stereocenters. The second-order valence-corrected chi connectivity index (χ2v) is 8.07. The third kappa shape index (κ3) is 4.47. The second-order valence-electron chi connectivity index (χ2n) is 8.07. The fraction of sp³-hybridized carbons (Fsp3) is 0.0714. The van der Waals surface area contributed by atoms with Crippen LogP contribution in [0.4, 0.5) is 0 Å². The van der Waals surface area contributed by atoms with E-state index in [1.165, 1.54) is 0 Å². The van der Waals surface area contributed by atoms with Crippen molar-refractivity contribution >= 4 is 35.9 Å². The number of ether oxygens (including phenoxy) is 2. The lowest BCUT2D eigenvalue weighted by Crippen LogP contribution is -2.09. The maximum absolute atomic E-state index is 12.3. The van der Waals surface area contributed by atoms with Gasteiger partial charge in [0.2, 0.25) is 11.8 Å². The fourth-order valence-electron chi connectivity index (χ4n) is 3.49. The highest BCUT2D eigenvalue weighted by Gasteiger charge is 2.27. The molecule has 0 saturated heterocycles. The standard InChI is InChI=1S/C28H20N2O4/c1-17-6-10-19(11-7-17)14-23-27(31)33-25(29-23)21-4-3-5-22(16-21)26-30-24(28(32)34-26)15-20-12-8-18(2)9-13-20/h3-16H,1-2H3/b23-14-,24-15+. The van der Waals surface area contributed by atoms with Crippen molar-refractivity contribution in [3.05, 3.63) is 118 Å². The van der Waals surface area contributed by atoms with Crippen LogP contribution in [0.1, 0.15) is 33.4 Å². The topological polar surface area (TPSA) is 77.3 Å². The van der Waals surface area contributed by atoms with Crippen LogP contribution in [0.5, 0.6) is 0 Å². The van der Waals surface area contributed by atoms with Gasteiger partial charge in [-0.25, -0.2) is 19.6 Å². The van der Waals surface area contributed by atoms with Crippen LogP contribution in [0.15, 0.2) is 94.2 Å². The van der Waals surface area contributed by atoms with Crippen LogP contribution in [-0.2, 0) is 19.1 Å². The Labute approximate surface area is 196 Å². The van der Waals surface area contributed by atoms with Gasteiger partial charge in [0.1, 0.15) is 0 Å². The molecule has 0 saturated carbocycles. The largest absolute Gasteiger partial charge is 0.402 e. The number of carbonyl (C=O) groups is 2. The first kappa shape index (κ1) is 21.3. The van der Waals surface area contributed by atoms with Gasteiger partial charge in [0.25, 0.3) is 0 Å². The number of hydrogen-bond donors (Lipinski definition) is 0. The summed E-state index contributed by atoms with van der Waals surface area (Å²) in [5.41, 5.74) is 5.57. The molecule has 0 radical (unpaired) electrons. The summed E-state index contributed by atoms with van der Waals surface area (Å²) in [7, 11) is 0. The fourth-order valence-corrected chi connectivity index (χ4v) is 3.49. The number of benzene rings is 3. The van der Waals surface area contributed by atoms with E-state index in [0.717, 1.165) is 22.3 Å². The quantitative estimate of drug-likeness (QED) is 0.416. The zero-order chi connectivity index (χ0) is 23.7. The average molecular weight is 448 g/mol. The molecule has 0 bridgehead atoms. The van der Waals surface area contributed by atoms with Crippen LogP contribution in [0, 0.1) is 13.8 Å². The highest BCUT2D eigenvalue weighted by atomic mass is 16.6. The van der Waals surface area contributed by atoms with E-state index in [1.54, 1.807) is 36.4 Å². The molecule has 6 heteroatoms. The molecule has 6 nitrogen and oxygen atoms in total. The van der Waals surface area contributed by atoms with Gasteiger partial charge in [0.15, 0.2) is 11.4 Å². The summed E-state index contributed by atoms with van der Waals surface area (Å²) < 4.78 is 10.8. The van der Waals surface area contributed by atoms with E-state index in [1.807, 2.05) is 62.4 Å². The van der Waals surface area contributed by atoms with Crippen LogP contribution in [-0.4, -0.2) is 23.7 Å². The van der Waals surface area contributed by atoms with E-state index in [2.05, 4.69) is 9.98 Å². The zero-order valence-electron chi connectivity index (χ0n) is 18.6. The Morgan fingerprint density at radius 2 is 1.03 bits per heavy atom. The van der Waals surface area contributed by atoms with Crippen molar-refractivity contribution in [2.45, 2.75) is 13.8 Å². The van der Waals surface area contributed by atoms with Gasteiger partial charge in [0.05, 0.1) is 0 Å². The van der Waals surface area contributed by atoms with Crippen molar-refractivity contribution < 1.29 is 19.1 Å². The monoisotopic (exact) mass is 448 g/mol. The summed E-state index contributed by atoms with van der Waals surface area (Å²) in [5.74, 6) is -0.668. The minimum atomic E-state index is -0.520. The Morgan fingerprint density at radius 3 is 1.44 bits per heavy atom. The first-order valence-electron chi connectivity index (χ1n) is 10.7. The maximum Gasteiger partial charge on any atom is 0.363 e. The highest BCUT2D eigenvalue weighted by Crippen LogP contribution is 2.23. The number of aliphatic imine (C=N–C) groups is 2. The number of nitrogens with zero attached hydrogens (tertiary/aromatic N) is 2. The molecular weight excluding hydrogens is 428 g/mol. The summed E-state index contributed by atoms with van der Waals surface area (Å²) in [5, 5.41) is 0. The van der Waals surface area contributed by atoms with Gasteiger partial charge in [-0.05, 0) is 55.3 Å². The molecular formula is C28H20N2O4. The molecule has 0 amide bonds. The molecule has 0 aliphatic carbocycles. The molecule has 0 N–H and O–H groups in total. The first-order valence-corrected chi connectivity index (χ1v) is 10.7. The van der Waals surface area contributed by atoms with Crippen LogP contribution in [0.25, 0.3) is 12.2 Å². The minimum absolute atomic E-state index is 0.186. The number of aryl methyl sites for hydroxylation is 2. The van der Waals surface area contributed by atoms with Gasteiger partial charge in [-0.3, -0.25) is 0 Å². The normalized spacial score (nSPS) is 17.6. The summed E-state index contributed by atoms with van der Waals surface area (Å²) >= 11 is 0. The van der Waals surface area contributed by atoms with E-state index in [-0.39, 0.29) is 23.2 Å². The molecule has 0 spiro atoms. The van der Waals surface area contributed by atoms with Crippen molar-refractivity contribution in [3.63, 3.8) is 0 Å². The molecule has 34 heavy (non-hydrogen) atoms. The van der Waals surface area contributed by atoms with Crippen molar-refractivity contribution in [1.29, 1.82) is 0 Å². The summed E-state index contributed by atoms with van der Waals surface area (Å²) in [4.78, 5) is 33.4. The summed E-state index contributed by atoms with van der Waals surface area (Å²) in [6.07, 6.45) is 3.37. The van der Waals surface area contributed by atoms with E-state index in [0.29, 0.717) is 11.1 Å². The molecule has 0 unspecified atom stereocenters. The van der Waals surface area contributed by atoms with E-state index in [9.17, 15) is 9.59 Å². The third-order valence-electron chi connectivity index (χ3n) is 5.36. The molecule has 2 heterocycles. The smallest absolute Gasteiger partial charge is 0.363 e. The Bertz CT molecular complexity index is 1320. The Morgan fingerprint density at radius 1 is 0.618 bits per heavy atom. The van der Waals surface area contributed by atoms with Gasteiger partial charge in [0, 0.05) is 11.1 Å². The molecule has 2 aliphatic heterocycles. The van der Waals surface area contributed by atoms with E-state index in [4.69, 9.17) is 9.47 Å². The lowest BCUT2D eigenvalue weighted by molar-refractivity contribution is -0.130. The molecule has 3 aromatic carbocycles.